The average molecular weight is 430 g/mol. The highest BCUT2D eigenvalue weighted by molar-refractivity contribution is 7.89. The Morgan fingerprint density at radius 2 is 1.69 bits per heavy atom. The predicted molar refractivity (Wildman–Crippen MR) is 110 cm³/mol. The zero-order chi connectivity index (χ0) is 20.6. The zero-order valence-electron chi connectivity index (χ0n) is 15.3. The van der Waals surface area contributed by atoms with Crippen LogP contribution in [0.5, 0.6) is 0 Å². The van der Waals surface area contributed by atoms with Crippen molar-refractivity contribution in [3.8, 4) is 11.3 Å². The number of fused-ring (bicyclic) bond motifs is 1. The number of rotatable bonds is 5. The highest BCUT2D eigenvalue weighted by atomic mass is 35.5. The number of hydrogen-bond acceptors (Lipinski definition) is 5. The van der Waals surface area contributed by atoms with Crippen LogP contribution in [0.3, 0.4) is 0 Å². The van der Waals surface area contributed by atoms with Gasteiger partial charge in [0.15, 0.2) is 0 Å². The molecule has 2 aromatic carbocycles. The maximum absolute atomic E-state index is 12.9. The van der Waals surface area contributed by atoms with Crippen molar-refractivity contribution >= 4 is 32.6 Å². The van der Waals surface area contributed by atoms with Gasteiger partial charge in [0.2, 0.25) is 10.0 Å². The summed E-state index contributed by atoms with van der Waals surface area (Å²) < 4.78 is 37.9. The molecule has 2 aromatic heterocycles. The first kappa shape index (κ1) is 19.4. The lowest BCUT2D eigenvalue weighted by atomic mass is 10.2. The van der Waals surface area contributed by atoms with Crippen molar-refractivity contribution in [1.82, 2.24) is 4.31 Å². The molecule has 0 saturated heterocycles. The number of nitrogens with zero attached hydrogens (tertiary/aromatic N) is 1. The smallest absolute Gasteiger partial charge is 0.336 e. The molecule has 4 aromatic rings. The largest absolute Gasteiger partial charge is 0.460 e. The molecule has 0 N–H and O–H groups in total. The fraction of sp³-hybridized carbons (Fsp3) is 0.0952. The van der Waals surface area contributed by atoms with Crippen LogP contribution in [0.15, 0.2) is 85.3 Å². The Balaban J connectivity index is 1.57. The van der Waals surface area contributed by atoms with E-state index >= 15 is 0 Å². The summed E-state index contributed by atoms with van der Waals surface area (Å²) in [5, 5.41) is 1.16. The minimum absolute atomic E-state index is 0.0673. The number of hydrogen-bond donors (Lipinski definition) is 0. The van der Waals surface area contributed by atoms with E-state index in [1.54, 1.807) is 24.3 Å². The Morgan fingerprint density at radius 3 is 2.45 bits per heavy atom. The Morgan fingerprint density at radius 1 is 0.931 bits per heavy atom. The summed E-state index contributed by atoms with van der Waals surface area (Å²) in [6.07, 6.45) is 0. The highest BCUT2D eigenvalue weighted by Crippen LogP contribution is 2.26. The molecule has 6 nitrogen and oxygen atoms in total. The molecule has 8 heteroatoms. The molecule has 0 radical (unpaired) electrons. The molecule has 0 atom stereocenters. The second-order valence-electron chi connectivity index (χ2n) is 6.49. The van der Waals surface area contributed by atoms with E-state index in [-0.39, 0.29) is 11.4 Å². The van der Waals surface area contributed by atoms with Gasteiger partial charge in [0.25, 0.3) is 0 Å². The van der Waals surface area contributed by atoms with E-state index < -0.39 is 15.6 Å². The standard InChI is InChI=1S/C21H16ClNO5S/c1-23(13-17-7-9-19(27-17)14-2-5-16(22)6-3-14)29(25,26)18-8-10-20-15(12-18)4-11-21(24)28-20/h2-12H,13H2,1H3. The van der Waals surface area contributed by atoms with E-state index in [0.29, 0.717) is 27.5 Å². The fourth-order valence-electron chi connectivity index (χ4n) is 2.93. The van der Waals surface area contributed by atoms with Gasteiger partial charge in [-0.2, -0.15) is 4.31 Å². The Labute approximate surface area is 172 Å². The van der Waals surface area contributed by atoms with Gasteiger partial charge in [-0.1, -0.05) is 11.6 Å². The van der Waals surface area contributed by atoms with Crippen LogP contribution in [0.25, 0.3) is 22.3 Å². The van der Waals surface area contributed by atoms with E-state index in [4.69, 9.17) is 20.4 Å². The first-order valence-corrected chi connectivity index (χ1v) is 10.5. The average Bonchev–Trinajstić information content (AvgIpc) is 3.16. The fourth-order valence-corrected chi connectivity index (χ4v) is 4.23. The van der Waals surface area contributed by atoms with Crippen LogP contribution in [-0.2, 0) is 16.6 Å². The third-order valence-corrected chi connectivity index (χ3v) is 6.52. The normalized spacial score (nSPS) is 12.0. The van der Waals surface area contributed by atoms with Crippen molar-refractivity contribution in [2.75, 3.05) is 7.05 Å². The van der Waals surface area contributed by atoms with Crippen LogP contribution >= 0.6 is 11.6 Å². The van der Waals surface area contributed by atoms with Crippen LogP contribution in [0.4, 0.5) is 0 Å². The Hall–Kier alpha value is -2.87. The molecule has 148 valence electrons. The monoisotopic (exact) mass is 429 g/mol. The van der Waals surface area contributed by atoms with Crippen LogP contribution in [0, 0.1) is 0 Å². The third-order valence-electron chi connectivity index (χ3n) is 4.47. The van der Waals surface area contributed by atoms with Gasteiger partial charge >= 0.3 is 5.63 Å². The summed E-state index contributed by atoms with van der Waals surface area (Å²) in [4.78, 5) is 11.4. The van der Waals surface area contributed by atoms with Gasteiger partial charge in [-0.25, -0.2) is 13.2 Å². The van der Waals surface area contributed by atoms with Gasteiger partial charge in [-0.05, 0) is 60.7 Å². The van der Waals surface area contributed by atoms with Crippen LogP contribution in [0.1, 0.15) is 5.76 Å². The SMILES string of the molecule is CN(Cc1ccc(-c2ccc(Cl)cc2)o1)S(=O)(=O)c1ccc2oc(=O)ccc2c1. The summed E-state index contributed by atoms with van der Waals surface area (Å²) in [6.45, 7) is 0.0673. The van der Waals surface area contributed by atoms with E-state index in [1.165, 1.54) is 41.7 Å². The molecule has 0 unspecified atom stereocenters. The van der Waals surface area contributed by atoms with Gasteiger partial charge in [0, 0.05) is 29.1 Å². The summed E-state index contributed by atoms with van der Waals surface area (Å²) >= 11 is 5.90. The second kappa shape index (κ2) is 7.51. The lowest BCUT2D eigenvalue weighted by Crippen LogP contribution is -2.26. The summed E-state index contributed by atoms with van der Waals surface area (Å²) in [7, 11) is -2.28. The second-order valence-corrected chi connectivity index (χ2v) is 8.97. The van der Waals surface area contributed by atoms with Gasteiger partial charge in [0.05, 0.1) is 11.4 Å². The van der Waals surface area contributed by atoms with Crippen LogP contribution in [0.2, 0.25) is 5.02 Å². The van der Waals surface area contributed by atoms with Gasteiger partial charge in [0.1, 0.15) is 17.1 Å². The Bertz CT molecular complexity index is 1340. The van der Waals surface area contributed by atoms with Gasteiger partial charge in [-0.15, -0.1) is 0 Å². The highest BCUT2D eigenvalue weighted by Gasteiger charge is 2.22. The molecular formula is C21H16ClNO5S. The van der Waals surface area contributed by atoms with Crippen molar-refractivity contribution in [2.45, 2.75) is 11.4 Å². The minimum atomic E-state index is -3.76. The maximum Gasteiger partial charge on any atom is 0.336 e. The molecule has 0 amide bonds. The van der Waals surface area contributed by atoms with E-state index in [2.05, 4.69) is 0 Å². The quantitative estimate of drug-likeness (QED) is 0.435. The molecule has 0 aliphatic heterocycles. The third kappa shape index (κ3) is 3.98. The van der Waals surface area contributed by atoms with Crippen molar-refractivity contribution in [2.24, 2.45) is 0 Å². The molecule has 4 rings (SSSR count). The predicted octanol–water partition coefficient (Wildman–Crippen LogP) is 4.53. The molecule has 29 heavy (non-hydrogen) atoms. The number of benzene rings is 2. The molecule has 0 aliphatic carbocycles. The van der Waals surface area contributed by atoms with Gasteiger partial charge < -0.3 is 8.83 Å². The van der Waals surface area contributed by atoms with Crippen molar-refractivity contribution < 1.29 is 17.3 Å². The lowest BCUT2D eigenvalue weighted by molar-refractivity contribution is 0.410. The van der Waals surface area contributed by atoms with Gasteiger partial charge in [-0.3, -0.25) is 0 Å². The Kier molecular flexibility index (Phi) is 5.04. The molecule has 0 fully saturated rings. The first-order chi connectivity index (χ1) is 13.8. The van der Waals surface area contributed by atoms with E-state index in [9.17, 15) is 13.2 Å². The molecular weight excluding hydrogens is 414 g/mol. The molecule has 0 aliphatic rings. The van der Waals surface area contributed by atoms with E-state index in [0.717, 1.165) is 5.56 Å². The summed E-state index contributed by atoms with van der Waals surface area (Å²) in [5.74, 6) is 1.14. The van der Waals surface area contributed by atoms with Crippen molar-refractivity contribution in [3.05, 3.63) is 87.9 Å². The number of halogens is 1. The minimum Gasteiger partial charge on any atom is -0.460 e. The van der Waals surface area contributed by atoms with Crippen LogP contribution in [-0.4, -0.2) is 19.8 Å². The summed E-state index contributed by atoms with van der Waals surface area (Å²) in [5.41, 5.74) is 0.694. The maximum atomic E-state index is 12.9. The topological polar surface area (TPSA) is 80.7 Å². The van der Waals surface area contributed by atoms with E-state index in [1.807, 2.05) is 12.1 Å². The molecule has 2 heterocycles. The van der Waals surface area contributed by atoms with Crippen molar-refractivity contribution in [3.63, 3.8) is 0 Å². The molecule has 0 spiro atoms. The lowest BCUT2D eigenvalue weighted by Gasteiger charge is -2.16. The zero-order valence-corrected chi connectivity index (χ0v) is 16.9. The van der Waals surface area contributed by atoms with Crippen LogP contribution < -0.4 is 5.63 Å². The first-order valence-electron chi connectivity index (χ1n) is 8.68. The number of sulfonamides is 1. The number of furan rings is 1. The summed E-state index contributed by atoms with van der Waals surface area (Å²) in [6, 6.07) is 17.9. The molecule has 0 bridgehead atoms. The van der Waals surface area contributed by atoms with Crippen molar-refractivity contribution in [1.29, 1.82) is 0 Å². The molecule has 0 saturated carbocycles.